The third-order valence-corrected chi connectivity index (χ3v) is 13.8. The molecule has 69 heavy (non-hydrogen) atoms. The number of benzene rings is 1. The number of ether oxygens (including phenoxy) is 2. The van der Waals surface area contributed by atoms with Gasteiger partial charge in [0.15, 0.2) is 0 Å². The third kappa shape index (κ3) is 12.4. The van der Waals surface area contributed by atoms with Crippen molar-refractivity contribution >= 4 is 106 Å². The van der Waals surface area contributed by atoms with Gasteiger partial charge in [-0.2, -0.15) is 54.0 Å². The number of esters is 1. The molecule has 0 unspecified atom stereocenters. The van der Waals surface area contributed by atoms with Gasteiger partial charge < -0.3 is 34.1 Å². The van der Waals surface area contributed by atoms with E-state index in [1.165, 1.54) is 27.3 Å². The second kappa shape index (κ2) is 24.7. The Morgan fingerprint density at radius 2 is 1.81 bits per heavy atom. The number of hydrogen-bond donors (Lipinski definition) is 2. The van der Waals surface area contributed by atoms with Crippen molar-refractivity contribution in [2.75, 3.05) is 47.4 Å². The molecule has 3 aliphatic rings. The lowest BCUT2D eigenvalue weighted by molar-refractivity contribution is -0.155. The second-order valence-electron chi connectivity index (χ2n) is 18.6. The van der Waals surface area contributed by atoms with Crippen LogP contribution >= 0.6 is 65.3 Å². The van der Waals surface area contributed by atoms with E-state index >= 15 is 0 Å². The predicted molar refractivity (Wildman–Crippen MR) is 291 cm³/mol. The van der Waals surface area contributed by atoms with Crippen LogP contribution in [0.2, 0.25) is 0 Å². The summed E-state index contributed by atoms with van der Waals surface area (Å²) in [5.41, 5.74) is 9.23. The average Bonchev–Trinajstić information content (AvgIpc) is 3.87. The van der Waals surface area contributed by atoms with Gasteiger partial charge in [0.25, 0.3) is 5.91 Å². The van der Waals surface area contributed by atoms with Crippen molar-refractivity contribution in [3.05, 3.63) is 70.8 Å². The number of rotatable bonds is 10. The van der Waals surface area contributed by atoms with Crippen molar-refractivity contribution < 1.29 is 33.4 Å². The average molecular weight is 1050 g/mol. The molecular formula is C48H71N9O7S5. The summed E-state index contributed by atoms with van der Waals surface area (Å²) in [6.07, 6.45) is 4.42. The van der Waals surface area contributed by atoms with Gasteiger partial charge in [-0.05, 0) is 74.9 Å². The number of amides is 5. The van der Waals surface area contributed by atoms with Gasteiger partial charge in [0, 0.05) is 92.8 Å². The van der Waals surface area contributed by atoms with Crippen LogP contribution in [-0.2, 0) is 48.0 Å². The molecule has 2 N–H and O–H groups in total. The molecular weight excluding hydrogens is 975 g/mol. The molecule has 0 saturated carbocycles. The number of hydrazine groups is 1. The van der Waals surface area contributed by atoms with Crippen LogP contribution in [0.4, 0.5) is 4.79 Å². The number of nitrogens with zero attached hydrogens (tertiary/aromatic N) is 7. The van der Waals surface area contributed by atoms with Gasteiger partial charge in [0.1, 0.15) is 18.1 Å². The van der Waals surface area contributed by atoms with Gasteiger partial charge in [-0.1, -0.05) is 40.3 Å². The van der Waals surface area contributed by atoms with Crippen molar-refractivity contribution in [3.8, 4) is 22.5 Å². The molecule has 2 fully saturated rings. The maximum atomic E-state index is 14.6. The van der Waals surface area contributed by atoms with Gasteiger partial charge in [-0.15, -0.1) is 11.3 Å². The number of thiazole rings is 1. The van der Waals surface area contributed by atoms with Crippen LogP contribution in [0.25, 0.3) is 33.4 Å². The fourth-order valence-electron chi connectivity index (χ4n) is 9.28. The number of pyridine rings is 1. The lowest BCUT2D eigenvalue weighted by atomic mass is 9.84. The molecule has 2 saturated heterocycles. The van der Waals surface area contributed by atoms with E-state index in [0.717, 1.165) is 44.7 Å². The quantitative estimate of drug-likeness (QED) is 0.141. The highest BCUT2D eigenvalue weighted by molar-refractivity contribution is 7.59. The highest BCUT2D eigenvalue weighted by Gasteiger charge is 2.41. The van der Waals surface area contributed by atoms with Crippen molar-refractivity contribution in [2.24, 2.45) is 11.3 Å². The minimum atomic E-state index is -1.09. The molecule has 5 amide bonds. The first-order valence-corrected chi connectivity index (χ1v) is 23.4. The van der Waals surface area contributed by atoms with Crippen LogP contribution in [-0.4, -0.2) is 136 Å². The zero-order valence-corrected chi connectivity index (χ0v) is 45.9. The smallest absolute Gasteiger partial charge is 0.324 e. The first-order chi connectivity index (χ1) is 31.0. The largest absolute Gasteiger partial charge is 0.464 e. The minimum absolute atomic E-state index is 0. The number of fused-ring (bicyclic) bond motifs is 6. The van der Waals surface area contributed by atoms with Crippen LogP contribution in [0.15, 0.2) is 54.6 Å². The highest BCUT2D eigenvalue weighted by Crippen LogP contribution is 2.42. The molecule has 4 atom stereocenters. The van der Waals surface area contributed by atoms with E-state index in [0.29, 0.717) is 50.4 Å². The molecule has 0 spiro atoms. The standard InChI is InChI=1S/C48H63N9O7S.4H2S/c1-11-40(58)55-24-31(25-55)53(8)47(62)54(9)42(28(3)4)44(59)51-36-22-39-50-37(26-65-39)30-17-18-38-33(21-30)34(43(56(38)12-2)32-15-13-19-49-41(32)29(5)63-10)23-48(6,7)27-64-46(61)35-16-14-20-57(52-35)45(36)60;;;;/h11,13,15,17-19,21,26,28-29,31,35-36,42,52H,1,12,14,16,20,22-25,27H2,2-10H3,(H,51,59);4*1H2/t29-,35-,36-,42-;;;;/m0..../s1. The maximum Gasteiger partial charge on any atom is 0.324 e. The summed E-state index contributed by atoms with van der Waals surface area (Å²) in [4.78, 5) is 83.2. The van der Waals surface area contributed by atoms with E-state index in [1.807, 2.05) is 32.2 Å². The normalized spacial score (nSPS) is 18.9. The number of methoxy groups -OCH3 is 1. The molecule has 0 radical (unpaired) electrons. The van der Waals surface area contributed by atoms with Crippen molar-refractivity contribution in [2.45, 2.75) is 104 Å². The van der Waals surface area contributed by atoms with Gasteiger partial charge in [-0.3, -0.25) is 29.2 Å². The van der Waals surface area contributed by atoms with E-state index in [2.05, 4.69) is 66.9 Å². The molecule has 6 bridgehead atoms. The van der Waals surface area contributed by atoms with E-state index in [4.69, 9.17) is 19.4 Å². The minimum Gasteiger partial charge on any atom is -0.464 e. The molecule has 3 aromatic heterocycles. The Kier molecular flexibility index (Phi) is 21.2. The van der Waals surface area contributed by atoms with Crippen molar-refractivity contribution in [3.63, 3.8) is 0 Å². The Balaban J connectivity index is 0.00000315. The van der Waals surface area contributed by atoms with Gasteiger partial charge >= 0.3 is 12.0 Å². The summed E-state index contributed by atoms with van der Waals surface area (Å²) in [5, 5.41) is 8.07. The van der Waals surface area contributed by atoms with Crippen molar-refractivity contribution in [1.82, 2.24) is 45.0 Å². The van der Waals surface area contributed by atoms with Crippen LogP contribution in [0, 0.1) is 11.3 Å². The number of nitrogens with one attached hydrogen (secondary N) is 2. The Morgan fingerprint density at radius 1 is 1.10 bits per heavy atom. The number of carbonyl (C=O) groups is 5. The van der Waals surface area contributed by atoms with Crippen LogP contribution in [0.1, 0.15) is 76.8 Å². The molecule has 380 valence electrons. The van der Waals surface area contributed by atoms with E-state index in [9.17, 15) is 24.0 Å². The van der Waals surface area contributed by atoms with Gasteiger partial charge in [-0.25, -0.2) is 15.2 Å². The molecule has 1 aromatic carbocycles. The molecule has 3 aliphatic heterocycles. The zero-order chi connectivity index (χ0) is 46.9. The van der Waals surface area contributed by atoms with E-state index < -0.39 is 41.3 Å². The second-order valence-corrected chi connectivity index (χ2v) is 19.5. The van der Waals surface area contributed by atoms with Crippen LogP contribution in [0.5, 0.6) is 0 Å². The summed E-state index contributed by atoms with van der Waals surface area (Å²) < 4.78 is 14.2. The number of urea groups is 1. The lowest BCUT2D eigenvalue weighted by Gasteiger charge is -2.45. The molecule has 21 heteroatoms. The number of aryl methyl sites for hydroxylation is 1. The number of carbonyl (C=O) groups excluding carboxylic acids is 5. The Hall–Kier alpha value is -4.25. The molecule has 7 rings (SSSR count). The molecule has 16 nitrogen and oxygen atoms in total. The van der Waals surface area contributed by atoms with E-state index in [-0.39, 0.29) is 97.0 Å². The SMILES string of the molecule is C=CC(=O)N1CC(N(C)C(=O)N(C)[C@H](C(=O)N[C@H]2Cc3nc(cs3)-c3ccc4c(c3)c(c(-c3cccnc3[C@H](C)OC)n4CC)CC(C)(C)COC(=O)[C@@H]3CCCN(N3)C2=O)C(C)C)C1.S.S.S.S. The number of likely N-dealkylation sites (tertiary alicyclic amines) is 1. The summed E-state index contributed by atoms with van der Waals surface area (Å²) >= 11 is 1.40. The zero-order valence-electron chi connectivity index (χ0n) is 41.1. The fourth-order valence-corrected chi connectivity index (χ4v) is 10.1. The summed E-state index contributed by atoms with van der Waals surface area (Å²) in [6.45, 7) is 17.4. The molecule has 6 heterocycles. The first kappa shape index (κ1) is 59.1. The number of likely N-dealkylation sites (N-methyl/N-ethyl adjacent to an activating group) is 2. The van der Waals surface area contributed by atoms with Crippen LogP contribution in [0.3, 0.4) is 0 Å². The van der Waals surface area contributed by atoms with Crippen molar-refractivity contribution in [1.29, 1.82) is 0 Å². The van der Waals surface area contributed by atoms with Crippen LogP contribution < -0.4 is 10.7 Å². The number of cyclic esters (lactones) is 1. The third-order valence-electron chi connectivity index (χ3n) is 13.0. The van der Waals surface area contributed by atoms with E-state index in [1.54, 1.807) is 37.2 Å². The number of aromatic nitrogens is 3. The summed E-state index contributed by atoms with van der Waals surface area (Å²) in [5.74, 6) is -1.92. The monoisotopic (exact) mass is 1050 g/mol. The number of hydrogen-bond acceptors (Lipinski definition) is 11. The highest BCUT2D eigenvalue weighted by atomic mass is 32.1. The Morgan fingerprint density at radius 3 is 2.46 bits per heavy atom. The maximum absolute atomic E-state index is 14.6. The van der Waals surface area contributed by atoms with Gasteiger partial charge in [0.05, 0.1) is 40.8 Å². The summed E-state index contributed by atoms with van der Waals surface area (Å²) in [7, 11) is 4.92. The molecule has 4 aromatic rings. The lowest BCUT2D eigenvalue weighted by Crippen LogP contribution is -2.65. The first-order valence-electron chi connectivity index (χ1n) is 22.5. The fraction of sp³-hybridized carbons (Fsp3) is 0.521. The predicted octanol–water partition coefficient (Wildman–Crippen LogP) is 6.06. The Bertz CT molecular complexity index is 2480. The Labute approximate surface area is 438 Å². The van der Waals surface area contributed by atoms with Gasteiger partial charge in [0.2, 0.25) is 11.8 Å². The topological polar surface area (TPSA) is 172 Å². The summed E-state index contributed by atoms with van der Waals surface area (Å²) in [6, 6.07) is 6.97. The molecule has 0 aliphatic carbocycles.